The summed E-state index contributed by atoms with van der Waals surface area (Å²) in [7, 11) is -3.38. The molecular weight excluding hydrogens is 358 g/mol. The van der Waals surface area contributed by atoms with Gasteiger partial charge in [0.2, 0.25) is 0 Å². The molecular formula is C17H17N3O3S2. The Morgan fingerprint density at radius 3 is 2.64 bits per heavy atom. The molecule has 2 heterocycles. The molecule has 0 saturated carbocycles. The summed E-state index contributed by atoms with van der Waals surface area (Å²) in [6, 6.07) is 11.1. The van der Waals surface area contributed by atoms with E-state index in [0.29, 0.717) is 23.3 Å². The third-order valence-electron chi connectivity index (χ3n) is 3.34. The minimum atomic E-state index is -3.38. The van der Waals surface area contributed by atoms with Gasteiger partial charge in [0.25, 0.3) is 0 Å². The molecule has 0 amide bonds. The highest BCUT2D eigenvalue weighted by Gasteiger charge is 2.15. The maximum atomic E-state index is 11.8. The molecule has 0 spiro atoms. The summed E-state index contributed by atoms with van der Waals surface area (Å²) in [6.45, 7) is 2.20. The Morgan fingerprint density at radius 1 is 1.24 bits per heavy atom. The quantitative estimate of drug-likeness (QED) is 0.709. The number of nitrogens with zero attached hydrogens (tertiary/aromatic N) is 2. The first-order valence-corrected chi connectivity index (χ1v) is 10.2. The smallest absolute Gasteiger partial charge is 0.188 e. The van der Waals surface area contributed by atoms with Gasteiger partial charge in [-0.3, -0.25) is 0 Å². The maximum absolute atomic E-state index is 11.8. The van der Waals surface area contributed by atoms with Crippen LogP contribution < -0.4 is 10.1 Å². The number of ether oxygens (including phenoxy) is 1. The van der Waals surface area contributed by atoms with E-state index >= 15 is 0 Å². The van der Waals surface area contributed by atoms with Crippen molar-refractivity contribution in [1.29, 1.82) is 0 Å². The zero-order chi connectivity index (χ0) is 17.9. The van der Waals surface area contributed by atoms with Crippen LogP contribution in [0, 0.1) is 6.92 Å². The summed E-state index contributed by atoms with van der Waals surface area (Å²) < 4.78 is 29.4. The van der Waals surface area contributed by atoms with Crippen LogP contribution in [0.25, 0.3) is 0 Å². The molecule has 3 aromatic rings. The summed E-state index contributed by atoms with van der Waals surface area (Å²) in [5.41, 5.74) is 1.87. The summed E-state index contributed by atoms with van der Waals surface area (Å²) >= 11 is 1.44. The second-order valence-electron chi connectivity index (χ2n) is 5.48. The van der Waals surface area contributed by atoms with Crippen molar-refractivity contribution in [2.75, 3.05) is 11.6 Å². The average molecular weight is 375 g/mol. The third-order valence-corrected chi connectivity index (χ3v) is 5.29. The van der Waals surface area contributed by atoms with Gasteiger partial charge in [-0.05, 0) is 12.5 Å². The van der Waals surface area contributed by atoms with Crippen LogP contribution in [0.15, 0.2) is 52.9 Å². The molecule has 2 aromatic heterocycles. The van der Waals surface area contributed by atoms with Gasteiger partial charge in [0.15, 0.2) is 26.5 Å². The van der Waals surface area contributed by atoms with Gasteiger partial charge in [-0.15, -0.1) is 11.3 Å². The van der Waals surface area contributed by atoms with Crippen LogP contribution >= 0.6 is 11.3 Å². The molecule has 0 saturated heterocycles. The Labute approximate surface area is 150 Å². The molecule has 25 heavy (non-hydrogen) atoms. The van der Waals surface area contributed by atoms with E-state index in [-0.39, 0.29) is 4.90 Å². The van der Waals surface area contributed by atoms with Gasteiger partial charge in [-0.25, -0.2) is 18.4 Å². The number of pyridine rings is 1. The second kappa shape index (κ2) is 7.20. The molecule has 3 rings (SSSR count). The van der Waals surface area contributed by atoms with Crippen molar-refractivity contribution in [1.82, 2.24) is 9.97 Å². The number of anilines is 2. The van der Waals surface area contributed by atoms with Crippen molar-refractivity contribution in [3.05, 3.63) is 59.2 Å². The van der Waals surface area contributed by atoms with Gasteiger partial charge >= 0.3 is 0 Å². The van der Waals surface area contributed by atoms with Crippen LogP contribution in [-0.2, 0) is 16.4 Å². The van der Waals surface area contributed by atoms with Gasteiger partial charge in [0.05, 0.1) is 10.6 Å². The van der Waals surface area contributed by atoms with Crippen LogP contribution in [0.4, 0.5) is 10.9 Å². The van der Waals surface area contributed by atoms with Crippen molar-refractivity contribution in [2.24, 2.45) is 0 Å². The van der Waals surface area contributed by atoms with E-state index in [4.69, 9.17) is 4.74 Å². The summed E-state index contributed by atoms with van der Waals surface area (Å²) in [4.78, 5) is 8.65. The van der Waals surface area contributed by atoms with E-state index in [0.717, 1.165) is 17.5 Å². The molecule has 6 nitrogen and oxygen atoms in total. The number of aromatic nitrogens is 2. The number of benzene rings is 1. The van der Waals surface area contributed by atoms with E-state index < -0.39 is 9.84 Å². The van der Waals surface area contributed by atoms with Crippen molar-refractivity contribution in [3.8, 4) is 5.75 Å². The Kier molecular flexibility index (Phi) is 5.00. The van der Waals surface area contributed by atoms with Gasteiger partial charge < -0.3 is 10.1 Å². The fourth-order valence-electron chi connectivity index (χ4n) is 2.08. The molecule has 0 bridgehead atoms. The van der Waals surface area contributed by atoms with Crippen LogP contribution in [0.2, 0.25) is 0 Å². The van der Waals surface area contributed by atoms with E-state index in [2.05, 4.69) is 15.3 Å². The molecule has 0 radical (unpaired) electrons. The normalized spacial score (nSPS) is 11.3. The molecule has 1 aromatic carbocycles. The fraction of sp³-hybridized carbons (Fsp3) is 0.176. The average Bonchev–Trinajstić information content (AvgIpc) is 2.99. The first kappa shape index (κ1) is 17.4. The highest BCUT2D eigenvalue weighted by molar-refractivity contribution is 7.90. The SMILES string of the molecule is Cc1csc(Nc2ncc(S(C)(=O)=O)cc2OCc2ccccc2)n1. The van der Waals surface area contributed by atoms with Crippen LogP contribution in [0.3, 0.4) is 0 Å². The predicted octanol–water partition coefficient (Wildman–Crippen LogP) is 3.57. The monoisotopic (exact) mass is 375 g/mol. The van der Waals surface area contributed by atoms with Crippen LogP contribution in [0.5, 0.6) is 5.75 Å². The minimum Gasteiger partial charge on any atom is -0.485 e. The summed E-state index contributed by atoms with van der Waals surface area (Å²) in [5.74, 6) is 0.789. The largest absolute Gasteiger partial charge is 0.485 e. The van der Waals surface area contributed by atoms with Crippen LogP contribution in [-0.4, -0.2) is 24.6 Å². The molecule has 0 aliphatic carbocycles. The highest BCUT2D eigenvalue weighted by Crippen LogP contribution is 2.30. The lowest BCUT2D eigenvalue weighted by atomic mass is 10.2. The second-order valence-corrected chi connectivity index (χ2v) is 8.36. The first-order valence-electron chi connectivity index (χ1n) is 7.48. The zero-order valence-corrected chi connectivity index (χ0v) is 15.4. The molecule has 0 aliphatic heterocycles. The van der Waals surface area contributed by atoms with Gasteiger partial charge in [0, 0.05) is 23.9 Å². The number of rotatable bonds is 6. The Hall–Kier alpha value is -2.45. The fourth-order valence-corrected chi connectivity index (χ4v) is 3.33. The number of nitrogens with one attached hydrogen (secondary N) is 1. The lowest BCUT2D eigenvalue weighted by Crippen LogP contribution is -2.04. The van der Waals surface area contributed by atoms with Crippen molar-refractivity contribution in [2.45, 2.75) is 18.4 Å². The Balaban J connectivity index is 1.90. The summed E-state index contributed by atoms with van der Waals surface area (Å²) in [5, 5.41) is 5.67. The van der Waals surface area contributed by atoms with Gasteiger partial charge in [-0.2, -0.15) is 0 Å². The van der Waals surface area contributed by atoms with Gasteiger partial charge in [-0.1, -0.05) is 30.3 Å². The number of hydrogen-bond acceptors (Lipinski definition) is 7. The number of hydrogen-bond donors (Lipinski definition) is 1. The summed E-state index contributed by atoms with van der Waals surface area (Å²) in [6.07, 6.45) is 2.45. The molecule has 130 valence electrons. The molecule has 0 aliphatic rings. The lowest BCUT2D eigenvalue weighted by Gasteiger charge is -2.12. The standard InChI is InChI=1S/C17H17N3O3S2/c1-12-11-24-17(19-12)20-16-15(8-14(9-18-16)25(2,21)22)23-10-13-6-4-3-5-7-13/h3-9,11H,10H2,1-2H3,(H,18,19,20). The number of thiazole rings is 1. The van der Waals surface area contributed by atoms with E-state index in [1.165, 1.54) is 23.6 Å². The van der Waals surface area contributed by atoms with Crippen molar-refractivity contribution >= 4 is 32.1 Å². The van der Waals surface area contributed by atoms with Crippen molar-refractivity contribution < 1.29 is 13.2 Å². The van der Waals surface area contributed by atoms with Gasteiger partial charge in [0.1, 0.15) is 6.61 Å². The third kappa shape index (κ3) is 4.55. The maximum Gasteiger partial charge on any atom is 0.188 e. The Bertz CT molecular complexity index is 970. The Morgan fingerprint density at radius 2 is 2.00 bits per heavy atom. The van der Waals surface area contributed by atoms with E-state index in [1.807, 2.05) is 42.6 Å². The number of aryl methyl sites for hydroxylation is 1. The topological polar surface area (TPSA) is 81.2 Å². The van der Waals surface area contributed by atoms with Crippen LogP contribution in [0.1, 0.15) is 11.3 Å². The lowest BCUT2D eigenvalue weighted by molar-refractivity contribution is 0.306. The molecule has 0 fully saturated rings. The molecule has 0 atom stereocenters. The minimum absolute atomic E-state index is 0.108. The first-order chi connectivity index (χ1) is 11.9. The molecule has 1 N–H and O–H groups in total. The van der Waals surface area contributed by atoms with E-state index in [9.17, 15) is 8.42 Å². The van der Waals surface area contributed by atoms with E-state index in [1.54, 1.807) is 0 Å². The highest BCUT2D eigenvalue weighted by atomic mass is 32.2. The number of sulfone groups is 1. The predicted molar refractivity (Wildman–Crippen MR) is 98.3 cm³/mol. The molecule has 0 unspecified atom stereocenters. The molecule has 8 heteroatoms. The zero-order valence-electron chi connectivity index (χ0n) is 13.8. The van der Waals surface area contributed by atoms with Crippen molar-refractivity contribution in [3.63, 3.8) is 0 Å².